The van der Waals surface area contributed by atoms with E-state index < -0.39 is 40.6 Å². The van der Waals surface area contributed by atoms with Crippen LogP contribution in [0.25, 0.3) is 0 Å². The van der Waals surface area contributed by atoms with E-state index in [0.29, 0.717) is 43.0 Å². The highest BCUT2D eigenvalue weighted by atomic mass is 19.1. The fraction of sp³-hybridized carbons (Fsp3) is 0.382. The molecule has 1 fully saturated rings. The van der Waals surface area contributed by atoms with E-state index in [1.54, 1.807) is 32.0 Å². The van der Waals surface area contributed by atoms with E-state index in [2.05, 4.69) is 15.3 Å². The molecule has 5 N–H and O–H groups in total. The Bertz CT molecular complexity index is 1760. The number of phenols is 1. The van der Waals surface area contributed by atoms with Gasteiger partial charge in [-0.1, -0.05) is 0 Å². The molecule has 0 bridgehead atoms. The normalized spacial score (nSPS) is 15.7. The summed E-state index contributed by atoms with van der Waals surface area (Å²) in [6, 6.07) is 8.72. The third-order valence-electron chi connectivity index (χ3n) is 8.41. The number of carbonyl (C=O) groups is 2. The molecular weight excluding hydrogens is 642 g/mol. The van der Waals surface area contributed by atoms with Gasteiger partial charge in [-0.05, 0) is 75.9 Å². The second kappa shape index (κ2) is 14.7. The first-order valence-electron chi connectivity index (χ1n) is 15.9. The van der Waals surface area contributed by atoms with Crippen LogP contribution in [0.15, 0.2) is 47.6 Å². The summed E-state index contributed by atoms with van der Waals surface area (Å²) < 4.78 is 52.6. The Balaban J connectivity index is 1.40. The average Bonchev–Trinajstić information content (AvgIpc) is 3.51. The Morgan fingerprint density at radius 2 is 1.76 bits per heavy atom. The summed E-state index contributed by atoms with van der Waals surface area (Å²) >= 11 is 0. The first-order chi connectivity index (χ1) is 23.5. The molecule has 13 nitrogen and oxygen atoms in total. The van der Waals surface area contributed by atoms with Gasteiger partial charge in [0.15, 0.2) is 22.7 Å². The lowest BCUT2D eigenvalue weighted by molar-refractivity contribution is -0.174. The maximum Gasteiger partial charge on any atom is 0.323 e. The molecule has 0 spiro atoms. The van der Waals surface area contributed by atoms with Crippen molar-refractivity contribution in [3.8, 4) is 28.9 Å². The first kappa shape index (κ1) is 34.9. The van der Waals surface area contributed by atoms with Crippen molar-refractivity contribution in [1.29, 1.82) is 5.41 Å². The third kappa shape index (κ3) is 7.34. The molecule has 0 radical (unpaired) electrons. The number of hydrogen-bond acceptors (Lipinski definition) is 12. The van der Waals surface area contributed by atoms with Crippen LogP contribution >= 0.6 is 0 Å². The fourth-order valence-corrected chi connectivity index (χ4v) is 5.80. The number of rotatable bonds is 12. The molecule has 2 heterocycles. The third-order valence-corrected chi connectivity index (χ3v) is 8.41. The van der Waals surface area contributed by atoms with Crippen molar-refractivity contribution in [2.24, 2.45) is 16.1 Å². The number of aliphatic imine (C=N–C) groups is 1. The minimum atomic E-state index is -1.36. The number of likely N-dealkylation sites (N-methyl/N-ethyl adjacent to an activating group) is 1. The van der Waals surface area contributed by atoms with Crippen LogP contribution in [0.4, 0.5) is 14.5 Å². The molecule has 2 aromatic carbocycles. The van der Waals surface area contributed by atoms with Gasteiger partial charge >= 0.3 is 11.9 Å². The van der Waals surface area contributed by atoms with Gasteiger partial charge < -0.3 is 40.0 Å². The zero-order valence-corrected chi connectivity index (χ0v) is 27.3. The van der Waals surface area contributed by atoms with Crippen molar-refractivity contribution in [2.75, 3.05) is 38.7 Å². The number of amidine groups is 2. The van der Waals surface area contributed by atoms with Crippen LogP contribution in [-0.2, 0) is 19.1 Å². The lowest BCUT2D eigenvalue weighted by Gasteiger charge is -2.36. The Hall–Kier alpha value is -5.47. The Morgan fingerprint density at radius 1 is 1.06 bits per heavy atom. The molecule has 1 aliphatic heterocycles. The minimum absolute atomic E-state index is 0.0988. The molecule has 1 saturated carbocycles. The first-order valence-corrected chi connectivity index (χ1v) is 15.9. The van der Waals surface area contributed by atoms with E-state index >= 15 is 8.78 Å². The van der Waals surface area contributed by atoms with E-state index in [9.17, 15) is 14.7 Å². The molecule has 49 heavy (non-hydrogen) atoms. The van der Waals surface area contributed by atoms with Crippen molar-refractivity contribution in [3.05, 3.63) is 65.4 Å². The number of carbonyl (C=O) groups excluding carboxylic acids is 2. The monoisotopic (exact) mass is 680 g/mol. The molecule has 5 rings (SSSR count). The molecular formula is C34H38F2N6O7. The van der Waals surface area contributed by atoms with Crippen molar-refractivity contribution >= 4 is 29.3 Å². The van der Waals surface area contributed by atoms with Crippen LogP contribution in [0.2, 0.25) is 0 Å². The van der Waals surface area contributed by atoms with Gasteiger partial charge in [0.2, 0.25) is 11.6 Å². The van der Waals surface area contributed by atoms with Crippen molar-refractivity contribution in [3.63, 3.8) is 0 Å². The van der Waals surface area contributed by atoms with Crippen LogP contribution in [0.3, 0.4) is 0 Å². The van der Waals surface area contributed by atoms with Gasteiger partial charge in [-0.25, -0.2) is 9.37 Å². The number of phenolic OH excluding ortho intramolecular Hbond substituents is 1. The van der Waals surface area contributed by atoms with Crippen molar-refractivity contribution in [2.45, 2.75) is 45.6 Å². The summed E-state index contributed by atoms with van der Waals surface area (Å²) in [7, 11) is 1.84. The Labute approximate surface area is 281 Å². The van der Waals surface area contributed by atoms with Gasteiger partial charge in [0.25, 0.3) is 5.88 Å². The van der Waals surface area contributed by atoms with Crippen molar-refractivity contribution < 1.29 is 42.4 Å². The number of esters is 2. The molecule has 0 amide bonds. The number of aromatic hydroxyl groups is 1. The molecule has 0 saturated heterocycles. The number of pyridine rings is 1. The molecule has 0 atom stereocenters. The van der Waals surface area contributed by atoms with Crippen LogP contribution in [-0.4, -0.2) is 78.0 Å². The van der Waals surface area contributed by atoms with Crippen molar-refractivity contribution in [1.82, 2.24) is 9.88 Å². The zero-order chi connectivity index (χ0) is 35.3. The number of anilines is 1. The topological polar surface area (TPSA) is 182 Å². The zero-order valence-electron chi connectivity index (χ0n) is 27.3. The average molecular weight is 681 g/mol. The largest absolute Gasteiger partial charge is 0.504 e. The van der Waals surface area contributed by atoms with Crippen LogP contribution in [0, 0.1) is 22.5 Å². The quantitative estimate of drug-likeness (QED) is 0.0865. The van der Waals surface area contributed by atoms with Gasteiger partial charge in [0.1, 0.15) is 17.4 Å². The maximum absolute atomic E-state index is 15.7. The van der Waals surface area contributed by atoms with Gasteiger partial charge in [-0.15, -0.1) is 0 Å². The van der Waals surface area contributed by atoms with Gasteiger partial charge in [-0.2, -0.15) is 4.39 Å². The smallest absolute Gasteiger partial charge is 0.323 e. The molecule has 15 heteroatoms. The van der Waals surface area contributed by atoms with E-state index in [-0.39, 0.29) is 60.7 Å². The predicted molar refractivity (Wildman–Crippen MR) is 175 cm³/mol. The molecule has 3 aromatic rings. The van der Waals surface area contributed by atoms with Crippen LogP contribution in [0.1, 0.15) is 50.7 Å². The summed E-state index contributed by atoms with van der Waals surface area (Å²) in [5.74, 6) is -5.30. The van der Waals surface area contributed by atoms with Gasteiger partial charge in [0, 0.05) is 30.9 Å². The van der Waals surface area contributed by atoms with Gasteiger partial charge in [0.05, 0.1) is 31.5 Å². The molecule has 1 aliphatic carbocycles. The minimum Gasteiger partial charge on any atom is -0.504 e. The second-order valence-corrected chi connectivity index (χ2v) is 11.6. The highest BCUT2D eigenvalue weighted by Gasteiger charge is 2.51. The number of nitrogens with one attached hydrogen (secondary N) is 2. The number of nitrogens with zero attached hydrogens (tertiary/aromatic N) is 3. The van der Waals surface area contributed by atoms with E-state index in [1.807, 2.05) is 11.9 Å². The number of ether oxygens (including phenoxy) is 4. The van der Waals surface area contributed by atoms with Crippen LogP contribution < -0.4 is 20.5 Å². The van der Waals surface area contributed by atoms with Crippen LogP contribution in [0.5, 0.6) is 28.9 Å². The Morgan fingerprint density at radius 3 is 2.37 bits per heavy atom. The lowest BCUT2D eigenvalue weighted by Crippen LogP contribution is -2.46. The highest BCUT2D eigenvalue weighted by molar-refractivity contribution is 6.03. The predicted octanol–water partition coefficient (Wildman–Crippen LogP) is 5.09. The number of nitrogen functional groups attached to an aromatic ring is 1. The Kier molecular flexibility index (Phi) is 10.5. The second-order valence-electron chi connectivity index (χ2n) is 11.6. The number of benzene rings is 2. The van der Waals surface area contributed by atoms with E-state index in [4.69, 9.17) is 30.1 Å². The number of aromatic nitrogens is 1. The van der Waals surface area contributed by atoms with Gasteiger partial charge in [-0.3, -0.25) is 20.0 Å². The number of nitrogens with two attached hydrogens (primary N) is 1. The molecule has 0 unspecified atom stereocenters. The fourth-order valence-electron chi connectivity index (χ4n) is 5.80. The van der Waals surface area contributed by atoms with E-state index in [1.165, 1.54) is 18.2 Å². The standard InChI is InChI=1S/C34H38F2N6O7/c1-4-46-32(44)34(33(45)47-5-2)12-10-20(11-13-34)41-21-7-9-25(22(17-21)30-39-14-15-42(30)3)48-28-23(35)18-40-31(27(28)36)49-26-16-19(29(37)38)6-8-24(26)43/h6-9,16-18,20,41,43H,4-5,10-15H2,1-3H3,(H3,37,38). The number of hydrogen-bond donors (Lipinski definition) is 4. The summed E-state index contributed by atoms with van der Waals surface area (Å²) in [6.07, 6.45) is 2.17. The summed E-state index contributed by atoms with van der Waals surface area (Å²) in [5.41, 5.74) is 5.48. The highest BCUT2D eigenvalue weighted by Crippen LogP contribution is 2.41. The summed E-state index contributed by atoms with van der Waals surface area (Å²) in [5, 5.41) is 21.3. The summed E-state index contributed by atoms with van der Waals surface area (Å²) in [6.45, 7) is 4.81. The lowest BCUT2D eigenvalue weighted by atomic mass is 9.72. The van der Waals surface area contributed by atoms with E-state index in [0.717, 1.165) is 6.20 Å². The maximum atomic E-state index is 15.7. The number of halogens is 2. The molecule has 2 aliphatic rings. The molecule has 260 valence electrons. The summed E-state index contributed by atoms with van der Waals surface area (Å²) in [4.78, 5) is 35.9. The molecule has 1 aromatic heterocycles. The SMILES string of the molecule is CCOC(=O)C1(C(=O)OCC)CCC(Nc2ccc(Oc3c(F)cnc(Oc4cc(C(=N)N)ccc4O)c3F)c(C3=NCCN3C)c2)CC1.